The van der Waals surface area contributed by atoms with Crippen molar-refractivity contribution in [3.63, 3.8) is 0 Å². The highest BCUT2D eigenvalue weighted by molar-refractivity contribution is 5.89. The molecule has 0 unspecified atom stereocenters. The summed E-state index contributed by atoms with van der Waals surface area (Å²) in [5.74, 6) is 0.404. The highest BCUT2D eigenvalue weighted by Gasteiger charge is 2.31. The minimum absolute atomic E-state index is 0.0158. The number of carbonyl (C=O) groups excluding carboxylic acids is 2. The number of amides is 2. The fourth-order valence-corrected chi connectivity index (χ4v) is 2.92. The molecule has 1 aliphatic heterocycles. The van der Waals surface area contributed by atoms with Crippen LogP contribution in [-0.2, 0) is 10.2 Å². The monoisotopic (exact) mass is 380 g/mol. The van der Waals surface area contributed by atoms with Gasteiger partial charge in [-0.3, -0.25) is 4.79 Å². The molecule has 0 radical (unpaired) electrons. The molecule has 2 amide bonds. The van der Waals surface area contributed by atoms with Gasteiger partial charge in [-0.05, 0) is 46.5 Å². The Morgan fingerprint density at radius 1 is 1.19 bits per heavy atom. The van der Waals surface area contributed by atoms with E-state index in [-0.39, 0.29) is 35.3 Å². The zero-order chi connectivity index (χ0) is 20.4. The smallest absolute Gasteiger partial charge is 0.410 e. The summed E-state index contributed by atoms with van der Waals surface area (Å²) < 4.78 is 10.5. The average Bonchev–Trinajstić information content (AvgIpc) is 3.03. The molecular weight excluding hydrogens is 348 g/mol. The van der Waals surface area contributed by atoms with Gasteiger partial charge in [0.1, 0.15) is 5.60 Å². The molecule has 0 saturated carbocycles. The van der Waals surface area contributed by atoms with Crippen molar-refractivity contribution in [1.29, 1.82) is 0 Å². The molecule has 0 bridgehead atoms. The van der Waals surface area contributed by atoms with Crippen LogP contribution >= 0.6 is 0 Å². The molecule has 8 nitrogen and oxygen atoms in total. The topological polar surface area (TPSA) is 97.6 Å². The second-order valence-electron chi connectivity index (χ2n) is 9.24. The summed E-state index contributed by atoms with van der Waals surface area (Å²) in [6, 6.07) is -0.0525. The minimum atomic E-state index is -0.495. The van der Waals surface area contributed by atoms with Gasteiger partial charge in [-0.15, -0.1) is 0 Å². The average molecular weight is 380 g/mol. The van der Waals surface area contributed by atoms with E-state index in [0.29, 0.717) is 18.9 Å². The van der Waals surface area contributed by atoms with Crippen LogP contribution in [0.15, 0.2) is 4.52 Å². The third kappa shape index (κ3) is 5.94. The van der Waals surface area contributed by atoms with Crippen molar-refractivity contribution < 1.29 is 18.8 Å². The Morgan fingerprint density at radius 2 is 1.78 bits per heavy atom. The lowest BCUT2D eigenvalue weighted by atomic mass is 9.90. The Kier molecular flexibility index (Phi) is 6.17. The van der Waals surface area contributed by atoms with Gasteiger partial charge in [0.2, 0.25) is 0 Å². The number of carbonyl (C=O) groups is 2. The summed E-state index contributed by atoms with van der Waals surface area (Å²) in [6.45, 7) is 14.7. The normalized spacial score (nSPS) is 17.5. The van der Waals surface area contributed by atoms with Crippen LogP contribution in [-0.4, -0.2) is 51.8 Å². The standard InChI is InChI=1S/C19H32N4O4/c1-12(20-14(24)15-21-16(22-27-15)18(2,3)4)13-8-10-23(11-9-13)17(25)26-19(5,6)7/h12-13H,8-11H2,1-7H3,(H,20,24)/t12-/m1/s1. The van der Waals surface area contributed by atoms with E-state index in [4.69, 9.17) is 9.26 Å². The van der Waals surface area contributed by atoms with Crippen molar-refractivity contribution in [1.82, 2.24) is 20.4 Å². The van der Waals surface area contributed by atoms with Crippen molar-refractivity contribution >= 4 is 12.0 Å². The van der Waals surface area contributed by atoms with E-state index in [1.807, 2.05) is 48.5 Å². The zero-order valence-electron chi connectivity index (χ0n) is 17.5. The van der Waals surface area contributed by atoms with Crippen molar-refractivity contribution in [3.05, 3.63) is 11.7 Å². The molecule has 1 fully saturated rings. The lowest BCUT2D eigenvalue weighted by Gasteiger charge is -2.35. The second kappa shape index (κ2) is 7.86. The molecule has 27 heavy (non-hydrogen) atoms. The molecule has 2 rings (SSSR count). The van der Waals surface area contributed by atoms with Crippen LogP contribution in [0.3, 0.4) is 0 Å². The van der Waals surface area contributed by atoms with E-state index in [9.17, 15) is 9.59 Å². The fourth-order valence-electron chi connectivity index (χ4n) is 2.92. The Labute approximate surface area is 161 Å². The number of hydrogen-bond acceptors (Lipinski definition) is 6. The molecule has 2 heterocycles. The van der Waals surface area contributed by atoms with E-state index in [1.54, 1.807) is 4.90 Å². The van der Waals surface area contributed by atoms with Crippen molar-refractivity contribution in [3.8, 4) is 0 Å². The van der Waals surface area contributed by atoms with E-state index in [0.717, 1.165) is 12.8 Å². The summed E-state index contributed by atoms with van der Waals surface area (Å²) in [5, 5.41) is 6.82. The van der Waals surface area contributed by atoms with Crippen LogP contribution in [0.2, 0.25) is 0 Å². The first-order valence-corrected chi connectivity index (χ1v) is 9.50. The van der Waals surface area contributed by atoms with Crippen LogP contribution in [0.25, 0.3) is 0 Å². The Hall–Kier alpha value is -2.12. The van der Waals surface area contributed by atoms with Crippen LogP contribution < -0.4 is 5.32 Å². The SMILES string of the molecule is C[C@@H](NC(=O)c1nc(C(C)(C)C)no1)C1CCN(C(=O)OC(C)(C)C)CC1. The summed E-state index contributed by atoms with van der Waals surface area (Å²) >= 11 is 0. The number of ether oxygens (including phenoxy) is 1. The van der Waals surface area contributed by atoms with Gasteiger partial charge < -0.3 is 19.5 Å². The number of aromatic nitrogens is 2. The molecule has 1 aliphatic rings. The van der Waals surface area contributed by atoms with Crippen LogP contribution in [0.5, 0.6) is 0 Å². The van der Waals surface area contributed by atoms with Crippen molar-refractivity contribution in [2.45, 2.75) is 78.4 Å². The van der Waals surface area contributed by atoms with Gasteiger partial charge in [-0.2, -0.15) is 4.98 Å². The molecule has 1 N–H and O–H groups in total. The van der Waals surface area contributed by atoms with Gasteiger partial charge in [0.15, 0.2) is 5.82 Å². The third-order valence-electron chi connectivity index (χ3n) is 4.55. The maximum Gasteiger partial charge on any atom is 0.410 e. The van der Waals surface area contributed by atoms with E-state index in [2.05, 4.69) is 15.5 Å². The first-order chi connectivity index (χ1) is 12.4. The molecule has 152 valence electrons. The molecule has 1 saturated heterocycles. The van der Waals surface area contributed by atoms with Crippen molar-refractivity contribution in [2.75, 3.05) is 13.1 Å². The number of nitrogens with one attached hydrogen (secondary N) is 1. The van der Waals surface area contributed by atoms with Gasteiger partial charge in [-0.25, -0.2) is 4.79 Å². The summed E-state index contributed by atoms with van der Waals surface area (Å²) in [4.78, 5) is 30.4. The maximum atomic E-state index is 12.4. The van der Waals surface area contributed by atoms with Crippen LogP contribution in [0.1, 0.15) is 77.8 Å². The van der Waals surface area contributed by atoms with Gasteiger partial charge >= 0.3 is 17.9 Å². The van der Waals surface area contributed by atoms with Crippen LogP contribution in [0, 0.1) is 5.92 Å². The zero-order valence-corrected chi connectivity index (χ0v) is 17.5. The Morgan fingerprint density at radius 3 is 2.26 bits per heavy atom. The summed E-state index contributed by atoms with van der Waals surface area (Å²) in [7, 11) is 0. The Bertz CT molecular complexity index is 664. The molecule has 8 heteroatoms. The van der Waals surface area contributed by atoms with Gasteiger partial charge in [0.25, 0.3) is 0 Å². The molecule has 0 spiro atoms. The van der Waals surface area contributed by atoms with Gasteiger partial charge in [0, 0.05) is 24.5 Å². The molecule has 0 aromatic carbocycles. The molecule has 1 aromatic rings. The summed E-state index contributed by atoms with van der Waals surface area (Å²) in [6.07, 6.45) is 1.33. The molecule has 1 aromatic heterocycles. The van der Waals surface area contributed by atoms with Crippen LogP contribution in [0.4, 0.5) is 4.79 Å². The number of hydrogen-bond donors (Lipinski definition) is 1. The quantitative estimate of drug-likeness (QED) is 0.865. The fraction of sp³-hybridized carbons (Fsp3) is 0.789. The van der Waals surface area contributed by atoms with E-state index < -0.39 is 5.60 Å². The highest BCUT2D eigenvalue weighted by atomic mass is 16.6. The summed E-state index contributed by atoms with van der Waals surface area (Å²) in [5.41, 5.74) is -0.771. The van der Waals surface area contributed by atoms with Crippen molar-refractivity contribution in [2.24, 2.45) is 5.92 Å². The number of nitrogens with zero attached hydrogens (tertiary/aromatic N) is 3. The first-order valence-electron chi connectivity index (χ1n) is 9.50. The van der Waals surface area contributed by atoms with Gasteiger partial charge in [-0.1, -0.05) is 25.9 Å². The highest BCUT2D eigenvalue weighted by Crippen LogP contribution is 2.23. The number of likely N-dealkylation sites (tertiary alicyclic amines) is 1. The largest absolute Gasteiger partial charge is 0.444 e. The number of piperidine rings is 1. The molecule has 1 atom stereocenters. The van der Waals surface area contributed by atoms with E-state index >= 15 is 0 Å². The predicted octanol–water partition coefficient (Wildman–Crippen LogP) is 3.13. The third-order valence-corrected chi connectivity index (χ3v) is 4.55. The number of rotatable bonds is 3. The van der Waals surface area contributed by atoms with Gasteiger partial charge in [0.05, 0.1) is 0 Å². The Balaban J connectivity index is 1.85. The second-order valence-corrected chi connectivity index (χ2v) is 9.24. The maximum absolute atomic E-state index is 12.4. The lowest BCUT2D eigenvalue weighted by Crippen LogP contribution is -2.46. The molecule has 0 aliphatic carbocycles. The first kappa shape index (κ1) is 21.2. The lowest BCUT2D eigenvalue weighted by molar-refractivity contribution is 0.0170. The predicted molar refractivity (Wildman–Crippen MR) is 100 cm³/mol. The minimum Gasteiger partial charge on any atom is -0.444 e. The molecular formula is C19H32N4O4. The van der Waals surface area contributed by atoms with E-state index in [1.165, 1.54) is 0 Å².